The van der Waals surface area contributed by atoms with Gasteiger partial charge in [0.25, 0.3) is 0 Å². The van der Waals surface area contributed by atoms with E-state index in [0.717, 1.165) is 19.5 Å². The van der Waals surface area contributed by atoms with Crippen LogP contribution < -0.4 is 0 Å². The average molecular weight is 294 g/mol. The van der Waals surface area contributed by atoms with Gasteiger partial charge < -0.3 is 10.0 Å². The Kier molecular flexibility index (Phi) is 5.70. The van der Waals surface area contributed by atoms with Crippen LogP contribution in [0.3, 0.4) is 0 Å². The minimum absolute atomic E-state index is 0.0317. The molecular weight excluding hydrogens is 271 g/mol. The predicted octanol–water partition coefficient (Wildman–Crippen LogP) is 1.28. The first kappa shape index (κ1) is 15.9. The molecule has 2 rings (SSSR count). The molecule has 1 atom stereocenters. The lowest BCUT2D eigenvalue weighted by molar-refractivity contribution is -0.132. The number of benzene rings is 1. The van der Waals surface area contributed by atoms with Crippen molar-refractivity contribution in [3.05, 3.63) is 35.6 Å². The summed E-state index contributed by atoms with van der Waals surface area (Å²) < 4.78 is 13.6. The Balaban J connectivity index is 1.82. The molecule has 0 aliphatic carbocycles. The highest BCUT2D eigenvalue weighted by atomic mass is 19.1. The lowest BCUT2D eigenvalue weighted by Crippen LogP contribution is -2.50. The second kappa shape index (κ2) is 7.52. The Labute approximate surface area is 125 Å². The van der Waals surface area contributed by atoms with Crippen LogP contribution in [0.1, 0.15) is 18.9 Å². The number of rotatable bonds is 5. The van der Waals surface area contributed by atoms with Gasteiger partial charge in [-0.25, -0.2) is 4.39 Å². The quantitative estimate of drug-likeness (QED) is 0.890. The number of hydrogen-bond acceptors (Lipinski definition) is 3. The van der Waals surface area contributed by atoms with Gasteiger partial charge in [-0.15, -0.1) is 0 Å². The van der Waals surface area contributed by atoms with Gasteiger partial charge in [0.05, 0.1) is 12.5 Å². The molecule has 0 radical (unpaired) electrons. The zero-order valence-electron chi connectivity index (χ0n) is 12.5. The molecule has 1 aromatic carbocycles. The highest BCUT2D eigenvalue weighted by molar-refractivity contribution is 5.78. The van der Waals surface area contributed by atoms with Crippen molar-refractivity contribution in [2.75, 3.05) is 32.7 Å². The smallest absolute Gasteiger partial charge is 0.227 e. The molecule has 1 fully saturated rings. The fraction of sp³-hybridized carbons (Fsp3) is 0.562. The number of carbonyl (C=O) groups excluding carboxylic acids is 1. The molecule has 116 valence electrons. The molecule has 21 heavy (non-hydrogen) atoms. The van der Waals surface area contributed by atoms with Crippen LogP contribution >= 0.6 is 0 Å². The first-order chi connectivity index (χ1) is 10.1. The number of hydrogen-bond donors (Lipinski definition) is 1. The van der Waals surface area contributed by atoms with Crippen LogP contribution in [-0.2, 0) is 11.2 Å². The number of amides is 1. The van der Waals surface area contributed by atoms with E-state index in [2.05, 4.69) is 4.90 Å². The van der Waals surface area contributed by atoms with E-state index in [4.69, 9.17) is 0 Å². The van der Waals surface area contributed by atoms with Gasteiger partial charge in [0.2, 0.25) is 5.91 Å². The van der Waals surface area contributed by atoms with E-state index in [1.807, 2.05) is 6.92 Å². The Morgan fingerprint density at radius 3 is 2.57 bits per heavy atom. The minimum Gasteiger partial charge on any atom is -0.392 e. The fourth-order valence-electron chi connectivity index (χ4n) is 2.52. The molecule has 1 aromatic rings. The highest BCUT2D eigenvalue weighted by Gasteiger charge is 2.22. The Morgan fingerprint density at radius 1 is 1.29 bits per heavy atom. The molecule has 1 N–H and O–H groups in total. The molecule has 1 amide bonds. The Bertz CT molecular complexity index is 473. The molecule has 0 aromatic heterocycles. The highest BCUT2D eigenvalue weighted by Crippen LogP contribution is 2.11. The van der Waals surface area contributed by atoms with Crippen LogP contribution in [0.15, 0.2) is 24.3 Å². The molecule has 1 aliphatic heterocycles. The summed E-state index contributed by atoms with van der Waals surface area (Å²) in [6, 6.07) is 6.41. The van der Waals surface area contributed by atoms with Crippen molar-refractivity contribution >= 4 is 5.91 Å². The van der Waals surface area contributed by atoms with E-state index >= 15 is 0 Å². The van der Waals surface area contributed by atoms with Crippen molar-refractivity contribution in [3.63, 3.8) is 0 Å². The predicted molar refractivity (Wildman–Crippen MR) is 79.4 cm³/mol. The summed E-state index contributed by atoms with van der Waals surface area (Å²) in [6.45, 7) is 5.43. The van der Waals surface area contributed by atoms with Crippen molar-refractivity contribution in [3.8, 4) is 0 Å². The van der Waals surface area contributed by atoms with E-state index in [1.54, 1.807) is 23.1 Å². The van der Waals surface area contributed by atoms with Crippen LogP contribution in [0.5, 0.6) is 0 Å². The maximum atomic E-state index is 13.6. The topological polar surface area (TPSA) is 43.8 Å². The van der Waals surface area contributed by atoms with Gasteiger partial charge in [-0.05, 0) is 18.1 Å². The van der Waals surface area contributed by atoms with E-state index in [9.17, 15) is 14.3 Å². The summed E-state index contributed by atoms with van der Waals surface area (Å²) >= 11 is 0. The van der Waals surface area contributed by atoms with Crippen LogP contribution in [0.2, 0.25) is 0 Å². The normalized spacial score (nSPS) is 17.8. The van der Waals surface area contributed by atoms with Gasteiger partial charge in [0.15, 0.2) is 0 Å². The molecule has 4 nitrogen and oxygen atoms in total. The molecule has 1 aliphatic rings. The second-order valence-electron chi connectivity index (χ2n) is 5.51. The monoisotopic (exact) mass is 294 g/mol. The Morgan fingerprint density at radius 2 is 1.95 bits per heavy atom. The molecule has 1 saturated heterocycles. The summed E-state index contributed by atoms with van der Waals surface area (Å²) in [5, 5.41) is 9.65. The number of aliphatic hydroxyl groups excluding tert-OH is 1. The van der Waals surface area contributed by atoms with Gasteiger partial charge in [-0.2, -0.15) is 0 Å². The first-order valence-corrected chi connectivity index (χ1v) is 7.51. The molecule has 0 saturated carbocycles. The number of β-amino-alcohol motifs (C(OH)–C–C–N with tert-alkyl or cyclic N) is 1. The lowest BCUT2D eigenvalue weighted by atomic mass is 10.1. The summed E-state index contributed by atoms with van der Waals surface area (Å²) in [5.74, 6) is -0.355. The molecular formula is C16H23FN2O2. The fourth-order valence-corrected chi connectivity index (χ4v) is 2.52. The maximum absolute atomic E-state index is 13.6. The Hall–Kier alpha value is -1.46. The third kappa shape index (κ3) is 4.51. The largest absolute Gasteiger partial charge is 0.392 e. The van der Waals surface area contributed by atoms with Crippen LogP contribution in [0.4, 0.5) is 4.39 Å². The molecule has 1 unspecified atom stereocenters. The van der Waals surface area contributed by atoms with Crippen LogP contribution in [-0.4, -0.2) is 59.6 Å². The average Bonchev–Trinajstić information content (AvgIpc) is 2.50. The molecule has 5 heteroatoms. The molecule has 0 spiro atoms. The van der Waals surface area contributed by atoms with Crippen molar-refractivity contribution in [2.24, 2.45) is 0 Å². The van der Waals surface area contributed by atoms with E-state index in [-0.39, 0.29) is 24.2 Å². The van der Waals surface area contributed by atoms with Crippen molar-refractivity contribution < 1.29 is 14.3 Å². The van der Waals surface area contributed by atoms with Crippen molar-refractivity contribution in [1.82, 2.24) is 9.80 Å². The van der Waals surface area contributed by atoms with Gasteiger partial charge in [0.1, 0.15) is 5.82 Å². The van der Waals surface area contributed by atoms with Crippen molar-refractivity contribution in [2.45, 2.75) is 25.9 Å². The summed E-state index contributed by atoms with van der Waals surface area (Å²) in [5.41, 5.74) is 0.450. The van der Waals surface area contributed by atoms with E-state index in [0.29, 0.717) is 25.2 Å². The first-order valence-electron chi connectivity index (χ1n) is 7.51. The summed E-state index contributed by atoms with van der Waals surface area (Å²) in [4.78, 5) is 16.1. The second-order valence-corrected chi connectivity index (χ2v) is 5.51. The van der Waals surface area contributed by atoms with Crippen LogP contribution in [0, 0.1) is 5.82 Å². The molecule has 1 heterocycles. The SMILES string of the molecule is CCC(O)CN1CCN(C(=O)Cc2ccccc2F)CC1. The van der Waals surface area contributed by atoms with Gasteiger partial charge >= 0.3 is 0 Å². The number of piperazine rings is 1. The van der Waals surface area contributed by atoms with Gasteiger partial charge in [-0.3, -0.25) is 9.69 Å². The molecule has 0 bridgehead atoms. The lowest BCUT2D eigenvalue weighted by Gasteiger charge is -2.35. The van der Waals surface area contributed by atoms with Gasteiger partial charge in [0, 0.05) is 32.7 Å². The summed E-state index contributed by atoms with van der Waals surface area (Å²) in [6.07, 6.45) is 0.558. The minimum atomic E-state index is -0.324. The standard InChI is InChI=1S/C16H23FN2O2/c1-2-14(20)12-18-7-9-19(10-8-18)16(21)11-13-5-3-4-6-15(13)17/h3-6,14,20H,2,7-12H2,1H3. The van der Waals surface area contributed by atoms with E-state index < -0.39 is 0 Å². The zero-order valence-corrected chi connectivity index (χ0v) is 12.5. The number of aliphatic hydroxyl groups is 1. The third-order valence-corrected chi connectivity index (χ3v) is 3.96. The van der Waals surface area contributed by atoms with Gasteiger partial charge in [-0.1, -0.05) is 25.1 Å². The third-order valence-electron chi connectivity index (χ3n) is 3.96. The number of halogens is 1. The number of carbonyl (C=O) groups is 1. The van der Waals surface area contributed by atoms with E-state index in [1.165, 1.54) is 6.07 Å². The number of nitrogens with zero attached hydrogens (tertiary/aromatic N) is 2. The van der Waals surface area contributed by atoms with Crippen LogP contribution in [0.25, 0.3) is 0 Å². The summed E-state index contributed by atoms with van der Waals surface area (Å²) in [7, 11) is 0. The maximum Gasteiger partial charge on any atom is 0.227 e. The van der Waals surface area contributed by atoms with Crippen molar-refractivity contribution in [1.29, 1.82) is 0 Å². The zero-order chi connectivity index (χ0) is 15.2.